The third-order valence-corrected chi connectivity index (χ3v) is 4.37. The van der Waals surface area contributed by atoms with E-state index in [-0.39, 0.29) is 0 Å². The first-order chi connectivity index (χ1) is 9.81. The number of pyridine rings is 1. The van der Waals surface area contributed by atoms with Crippen molar-refractivity contribution in [2.45, 2.75) is 78.1 Å². The van der Waals surface area contributed by atoms with E-state index in [0.29, 0.717) is 5.69 Å². The number of unbranched alkanes of at least 4 members (excludes halogenated alkanes) is 2. The van der Waals surface area contributed by atoms with Crippen molar-refractivity contribution in [2.24, 2.45) is 0 Å². The van der Waals surface area contributed by atoms with Crippen LogP contribution in [0.3, 0.4) is 0 Å². The van der Waals surface area contributed by atoms with Crippen molar-refractivity contribution < 1.29 is 0 Å². The van der Waals surface area contributed by atoms with Crippen molar-refractivity contribution in [3.05, 3.63) is 28.1 Å². The third-order valence-electron chi connectivity index (χ3n) is 4.37. The summed E-state index contributed by atoms with van der Waals surface area (Å²) >= 11 is 0. The van der Waals surface area contributed by atoms with E-state index in [0.717, 1.165) is 25.7 Å². The lowest BCUT2D eigenvalue weighted by Gasteiger charge is -2.23. The fourth-order valence-corrected chi connectivity index (χ4v) is 3.24. The number of nitrogens with zero attached hydrogens (tertiary/aromatic N) is 2. The normalized spacial score (nSPS) is 13.8. The van der Waals surface area contributed by atoms with E-state index >= 15 is 0 Å². The monoisotopic (exact) mass is 270 g/mol. The maximum Gasteiger partial charge on any atom is 0.144 e. The molecule has 0 radical (unpaired) electrons. The summed E-state index contributed by atoms with van der Waals surface area (Å²) in [7, 11) is 0. The minimum absolute atomic E-state index is 0.713. The third kappa shape index (κ3) is 3.20. The van der Waals surface area contributed by atoms with Gasteiger partial charge in [0.15, 0.2) is 0 Å². The molecule has 1 aromatic rings. The first-order valence-electron chi connectivity index (χ1n) is 8.25. The van der Waals surface area contributed by atoms with Gasteiger partial charge in [-0.15, -0.1) is 0 Å². The Bertz CT molecular complexity index is 497. The second-order valence-corrected chi connectivity index (χ2v) is 5.87. The van der Waals surface area contributed by atoms with E-state index in [1.165, 1.54) is 60.9 Å². The molecule has 2 heteroatoms. The van der Waals surface area contributed by atoms with Gasteiger partial charge in [0.25, 0.3) is 0 Å². The van der Waals surface area contributed by atoms with Crippen LogP contribution in [-0.2, 0) is 25.7 Å². The van der Waals surface area contributed by atoms with Gasteiger partial charge in [-0.1, -0.05) is 26.7 Å². The van der Waals surface area contributed by atoms with Crippen LogP contribution >= 0.6 is 0 Å². The van der Waals surface area contributed by atoms with Gasteiger partial charge in [-0.3, -0.25) is 0 Å². The smallest absolute Gasteiger partial charge is 0.144 e. The summed E-state index contributed by atoms with van der Waals surface area (Å²) < 4.78 is 0. The van der Waals surface area contributed by atoms with Gasteiger partial charge >= 0.3 is 0 Å². The van der Waals surface area contributed by atoms with E-state index in [1.807, 2.05) is 0 Å². The van der Waals surface area contributed by atoms with Crippen LogP contribution in [0.15, 0.2) is 0 Å². The molecule has 0 bridgehead atoms. The molecule has 1 aliphatic rings. The van der Waals surface area contributed by atoms with Gasteiger partial charge in [0, 0.05) is 5.69 Å². The zero-order chi connectivity index (χ0) is 14.4. The Morgan fingerprint density at radius 2 is 1.65 bits per heavy atom. The fourth-order valence-electron chi connectivity index (χ4n) is 3.24. The predicted octanol–water partition coefficient (Wildman–Crippen LogP) is 4.52. The Kier molecular flexibility index (Phi) is 5.59. The van der Waals surface area contributed by atoms with E-state index in [4.69, 9.17) is 4.98 Å². The fraction of sp³-hybridized carbons (Fsp3) is 0.667. The summed E-state index contributed by atoms with van der Waals surface area (Å²) in [6.07, 6.45) is 11.7. The summed E-state index contributed by atoms with van der Waals surface area (Å²) in [5.41, 5.74) is 6.19. The van der Waals surface area contributed by atoms with E-state index in [1.54, 1.807) is 0 Å². The molecule has 0 atom stereocenters. The lowest BCUT2D eigenvalue weighted by molar-refractivity contribution is 0.648. The van der Waals surface area contributed by atoms with Crippen molar-refractivity contribution in [2.75, 3.05) is 0 Å². The average molecular weight is 270 g/mol. The van der Waals surface area contributed by atoms with E-state index in [2.05, 4.69) is 19.9 Å². The maximum absolute atomic E-state index is 9.46. The SMILES string of the molecule is CCCCc1nc(C#N)c(CCCC)c2c1CCCC2. The highest BCUT2D eigenvalue weighted by Gasteiger charge is 2.21. The summed E-state index contributed by atoms with van der Waals surface area (Å²) in [5.74, 6) is 0. The largest absolute Gasteiger partial charge is 0.242 e. The molecule has 1 aliphatic carbocycles. The van der Waals surface area contributed by atoms with Crippen LogP contribution in [0.1, 0.15) is 80.5 Å². The van der Waals surface area contributed by atoms with Crippen molar-refractivity contribution in [3.63, 3.8) is 0 Å². The summed E-state index contributed by atoms with van der Waals surface area (Å²) in [6, 6.07) is 2.36. The predicted molar refractivity (Wildman–Crippen MR) is 82.8 cm³/mol. The van der Waals surface area contributed by atoms with Crippen molar-refractivity contribution in [1.29, 1.82) is 5.26 Å². The Hall–Kier alpha value is -1.36. The highest BCUT2D eigenvalue weighted by molar-refractivity contribution is 5.46. The molecule has 1 heterocycles. The zero-order valence-corrected chi connectivity index (χ0v) is 13.0. The van der Waals surface area contributed by atoms with Crippen LogP contribution in [0.25, 0.3) is 0 Å². The van der Waals surface area contributed by atoms with Gasteiger partial charge in [0.05, 0.1) is 0 Å². The van der Waals surface area contributed by atoms with Crippen LogP contribution in [0.5, 0.6) is 0 Å². The molecule has 0 spiro atoms. The Balaban J connectivity index is 2.44. The average Bonchev–Trinajstić information content (AvgIpc) is 2.50. The van der Waals surface area contributed by atoms with Crippen LogP contribution in [0.4, 0.5) is 0 Å². The Labute approximate surface area is 123 Å². The first-order valence-corrected chi connectivity index (χ1v) is 8.25. The van der Waals surface area contributed by atoms with E-state index in [9.17, 15) is 5.26 Å². The second-order valence-electron chi connectivity index (χ2n) is 5.87. The number of aryl methyl sites for hydroxylation is 1. The number of rotatable bonds is 6. The first kappa shape index (κ1) is 15.0. The molecular formula is C18H26N2. The van der Waals surface area contributed by atoms with Gasteiger partial charge in [-0.25, -0.2) is 4.98 Å². The molecule has 2 rings (SSSR count). The van der Waals surface area contributed by atoms with Gasteiger partial charge < -0.3 is 0 Å². The molecular weight excluding hydrogens is 244 g/mol. The maximum atomic E-state index is 9.46. The minimum Gasteiger partial charge on any atom is -0.242 e. The minimum atomic E-state index is 0.713. The van der Waals surface area contributed by atoms with Gasteiger partial charge in [-0.2, -0.15) is 5.26 Å². The molecule has 0 aromatic carbocycles. The highest BCUT2D eigenvalue weighted by atomic mass is 14.7. The van der Waals surface area contributed by atoms with Gasteiger partial charge in [-0.05, 0) is 68.1 Å². The number of hydrogen-bond acceptors (Lipinski definition) is 2. The van der Waals surface area contributed by atoms with Crippen molar-refractivity contribution >= 4 is 0 Å². The molecule has 1 aromatic heterocycles. The number of fused-ring (bicyclic) bond motifs is 1. The van der Waals surface area contributed by atoms with Gasteiger partial charge in [0.2, 0.25) is 0 Å². The number of hydrogen-bond donors (Lipinski definition) is 0. The highest BCUT2D eigenvalue weighted by Crippen LogP contribution is 2.30. The molecule has 0 fully saturated rings. The van der Waals surface area contributed by atoms with Crippen LogP contribution in [0.2, 0.25) is 0 Å². The number of aromatic nitrogens is 1. The second kappa shape index (κ2) is 7.43. The molecule has 0 N–H and O–H groups in total. The van der Waals surface area contributed by atoms with Crippen LogP contribution in [0, 0.1) is 11.3 Å². The topological polar surface area (TPSA) is 36.7 Å². The molecule has 0 unspecified atom stereocenters. The van der Waals surface area contributed by atoms with Gasteiger partial charge in [0.1, 0.15) is 11.8 Å². The molecule has 0 saturated heterocycles. The summed E-state index contributed by atoms with van der Waals surface area (Å²) in [6.45, 7) is 4.43. The lowest BCUT2D eigenvalue weighted by atomic mass is 9.84. The van der Waals surface area contributed by atoms with Crippen LogP contribution in [-0.4, -0.2) is 4.98 Å². The molecule has 0 amide bonds. The summed E-state index contributed by atoms with van der Waals surface area (Å²) in [5, 5.41) is 9.46. The Morgan fingerprint density at radius 1 is 1.00 bits per heavy atom. The standard InChI is InChI=1S/C18H26N2/c1-3-5-9-16-14-10-7-8-11-15(14)17(12-6-4-2)20-18(16)13-19/h3-12H2,1-2H3. The molecule has 108 valence electrons. The summed E-state index contributed by atoms with van der Waals surface area (Å²) in [4.78, 5) is 4.73. The molecule has 0 saturated carbocycles. The van der Waals surface area contributed by atoms with Crippen molar-refractivity contribution in [3.8, 4) is 6.07 Å². The molecule has 0 aliphatic heterocycles. The lowest BCUT2D eigenvalue weighted by Crippen LogP contribution is -2.14. The van der Waals surface area contributed by atoms with E-state index < -0.39 is 0 Å². The Morgan fingerprint density at radius 3 is 2.30 bits per heavy atom. The molecule has 2 nitrogen and oxygen atoms in total. The molecule has 20 heavy (non-hydrogen) atoms. The van der Waals surface area contributed by atoms with Crippen molar-refractivity contribution in [1.82, 2.24) is 4.98 Å². The number of nitriles is 1. The quantitative estimate of drug-likeness (QED) is 0.762. The zero-order valence-electron chi connectivity index (χ0n) is 13.0. The van der Waals surface area contributed by atoms with Crippen LogP contribution < -0.4 is 0 Å².